The lowest BCUT2D eigenvalue weighted by Crippen LogP contribution is -2.45. The minimum Gasteiger partial charge on any atom is -0.372 e. The summed E-state index contributed by atoms with van der Waals surface area (Å²) in [6.45, 7) is 16.9. The lowest BCUT2D eigenvalue weighted by atomic mass is 9.91. The molecule has 1 aromatic rings. The van der Waals surface area contributed by atoms with Crippen molar-refractivity contribution < 1.29 is 4.74 Å². The second-order valence-corrected chi connectivity index (χ2v) is 8.02. The van der Waals surface area contributed by atoms with Crippen LogP contribution in [-0.2, 0) is 16.7 Å². The molecule has 2 rings (SSSR count). The predicted octanol–water partition coefficient (Wildman–Crippen LogP) is 3.16. The highest BCUT2D eigenvalue weighted by atomic mass is 32.1. The minimum absolute atomic E-state index is 0.0863. The summed E-state index contributed by atoms with van der Waals surface area (Å²) < 4.78 is 5.83. The van der Waals surface area contributed by atoms with E-state index in [9.17, 15) is 0 Å². The van der Waals surface area contributed by atoms with Crippen LogP contribution in [0.4, 0.5) is 5.13 Å². The quantitative estimate of drug-likeness (QED) is 0.927. The van der Waals surface area contributed by atoms with Crippen LogP contribution in [-0.4, -0.2) is 36.8 Å². The molecular weight excluding hydrogens is 282 g/mol. The summed E-state index contributed by atoms with van der Waals surface area (Å²) in [6.07, 6.45) is 0.543. The number of nitrogens with one attached hydrogen (secondary N) is 1. The summed E-state index contributed by atoms with van der Waals surface area (Å²) >= 11 is 1.83. The van der Waals surface area contributed by atoms with E-state index in [1.807, 2.05) is 11.3 Å². The number of anilines is 1. The first-order valence-corrected chi connectivity index (χ1v) is 8.74. The third-order valence-corrected chi connectivity index (χ3v) is 4.74. The van der Waals surface area contributed by atoms with Crippen LogP contribution in [0.25, 0.3) is 0 Å². The summed E-state index contributed by atoms with van der Waals surface area (Å²) in [7, 11) is 0. The summed E-state index contributed by atoms with van der Waals surface area (Å²) in [6, 6.07) is 0. The topological polar surface area (TPSA) is 37.4 Å². The van der Waals surface area contributed by atoms with Crippen molar-refractivity contribution in [3.05, 3.63) is 10.6 Å². The Bertz CT molecular complexity index is 457. The average Bonchev–Trinajstić information content (AvgIpc) is 2.79. The van der Waals surface area contributed by atoms with Crippen molar-refractivity contribution in [1.29, 1.82) is 0 Å². The highest BCUT2D eigenvalue weighted by molar-refractivity contribution is 7.15. The summed E-state index contributed by atoms with van der Waals surface area (Å²) in [4.78, 5) is 8.73. The van der Waals surface area contributed by atoms with Crippen LogP contribution in [0.1, 0.15) is 52.1 Å². The Labute approximate surface area is 132 Å². The van der Waals surface area contributed by atoms with Crippen molar-refractivity contribution >= 4 is 16.5 Å². The molecule has 1 aromatic heterocycles. The zero-order valence-electron chi connectivity index (χ0n) is 14.2. The maximum atomic E-state index is 5.83. The molecule has 0 saturated carbocycles. The van der Waals surface area contributed by atoms with Crippen LogP contribution >= 0.6 is 11.3 Å². The first-order chi connectivity index (χ1) is 9.81. The highest BCUT2D eigenvalue weighted by Crippen LogP contribution is 2.34. The van der Waals surface area contributed by atoms with Crippen molar-refractivity contribution in [3.8, 4) is 0 Å². The van der Waals surface area contributed by atoms with Crippen LogP contribution in [0.15, 0.2) is 0 Å². The molecule has 0 aromatic carbocycles. The van der Waals surface area contributed by atoms with E-state index >= 15 is 0 Å². The van der Waals surface area contributed by atoms with Crippen LogP contribution in [0.3, 0.4) is 0 Å². The van der Waals surface area contributed by atoms with Gasteiger partial charge in [0.15, 0.2) is 5.13 Å². The van der Waals surface area contributed by atoms with Gasteiger partial charge in [-0.2, -0.15) is 0 Å². The molecule has 1 fully saturated rings. The predicted molar refractivity (Wildman–Crippen MR) is 90.4 cm³/mol. The van der Waals surface area contributed by atoms with Gasteiger partial charge in [-0.1, -0.05) is 27.7 Å². The van der Waals surface area contributed by atoms with Gasteiger partial charge in [0.05, 0.1) is 17.9 Å². The van der Waals surface area contributed by atoms with E-state index in [0.717, 1.165) is 31.3 Å². The lowest BCUT2D eigenvalue weighted by Gasteiger charge is -2.35. The Kier molecular flexibility index (Phi) is 5.28. The maximum absolute atomic E-state index is 5.83. The number of nitrogens with zero attached hydrogens (tertiary/aromatic N) is 2. The van der Waals surface area contributed by atoms with Crippen molar-refractivity contribution in [2.24, 2.45) is 0 Å². The first-order valence-electron chi connectivity index (χ1n) is 7.92. The molecule has 5 heteroatoms. The van der Waals surface area contributed by atoms with Gasteiger partial charge in [0.1, 0.15) is 0 Å². The molecule has 1 aliphatic heterocycles. The second-order valence-electron chi connectivity index (χ2n) is 6.96. The first kappa shape index (κ1) is 16.7. The summed E-state index contributed by atoms with van der Waals surface area (Å²) in [5.41, 5.74) is 1.32. The van der Waals surface area contributed by atoms with E-state index in [-0.39, 0.29) is 17.6 Å². The molecule has 1 aliphatic rings. The lowest BCUT2D eigenvalue weighted by molar-refractivity contribution is -0.00523. The van der Waals surface area contributed by atoms with E-state index in [1.165, 1.54) is 10.6 Å². The normalized spacial score (nSPS) is 23.6. The van der Waals surface area contributed by atoms with Gasteiger partial charge in [0.2, 0.25) is 0 Å². The number of rotatable bonds is 4. The molecule has 0 spiro atoms. The van der Waals surface area contributed by atoms with E-state index in [1.54, 1.807) is 0 Å². The van der Waals surface area contributed by atoms with Crippen molar-refractivity contribution in [2.45, 2.75) is 65.7 Å². The number of hydrogen-bond donors (Lipinski definition) is 1. The fourth-order valence-electron chi connectivity index (χ4n) is 2.75. The molecule has 0 amide bonds. The molecule has 2 unspecified atom stereocenters. The van der Waals surface area contributed by atoms with Gasteiger partial charge in [-0.3, -0.25) is 0 Å². The Hall–Kier alpha value is -0.650. The van der Waals surface area contributed by atoms with Gasteiger partial charge in [-0.05, 0) is 20.4 Å². The summed E-state index contributed by atoms with van der Waals surface area (Å²) in [5, 5.41) is 4.59. The van der Waals surface area contributed by atoms with Gasteiger partial charge >= 0.3 is 0 Å². The second kappa shape index (κ2) is 6.63. The SMILES string of the molecule is CCNCc1sc(N2CC(C)OC(C)C2)nc1C(C)(C)C. The molecule has 0 bridgehead atoms. The maximum Gasteiger partial charge on any atom is 0.186 e. The molecule has 120 valence electrons. The van der Waals surface area contributed by atoms with Crippen LogP contribution in [0, 0.1) is 0 Å². The van der Waals surface area contributed by atoms with Crippen molar-refractivity contribution in [1.82, 2.24) is 10.3 Å². The number of ether oxygens (including phenoxy) is 1. The fraction of sp³-hybridized carbons (Fsp3) is 0.812. The van der Waals surface area contributed by atoms with E-state index in [0.29, 0.717) is 0 Å². The molecule has 2 heterocycles. The highest BCUT2D eigenvalue weighted by Gasteiger charge is 2.28. The minimum atomic E-state index is 0.0863. The average molecular weight is 311 g/mol. The Morgan fingerprint density at radius 3 is 2.43 bits per heavy atom. The zero-order chi connectivity index (χ0) is 15.6. The molecule has 0 aliphatic carbocycles. The van der Waals surface area contributed by atoms with Gasteiger partial charge in [-0.25, -0.2) is 4.98 Å². The Morgan fingerprint density at radius 1 is 1.29 bits per heavy atom. The number of thiazole rings is 1. The largest absolute Gasteiger partial charge is 0.372 e. The van der Waals surface area contributed by atoms with Crippen molar-refractivity contribution in [2.75, 3.05) is 24.5 Å². The van der Waals surface area contributed by atoms with Gasteiger partial charge in [-0.15, -0.1) is 11.3 Å². The Morgan fingerprint density at radius 2 is 1.90 bits per heavy atom. The van der Waals surface area contributed by atoms with Crippen molar-refractivity contribution in [3.63, 3.8) is 0 Å². The molecule has 21 heavy (non-hydrogen) atoms. The monoisotopic (exact) mass is 311 g/mol. The van der Waals surface area contributed by atoms with Crippen LogP contribution in [0.5, 0.6) is 0 Å². The number of hydrogen-bond acceptors (Lipinski definition) is 5. The molecule has 4 nitrogen and oxygen atoms in total. The summed E-state index contributed by atoms with van der Waals surface area (Å²) in [5.74, 6) is 0. The molecule has 1 saturated heterocycles. The third-order valence-electron chi connectivity index (χ3n) is 3.62. The standard InChI is InChI=1S/C16H29N3OS/c1-7-17-8-13-14(16(4,5)6)18-15(21-13)19-9-11(2)20-12(3)10-19/h11-12,17H,7-10H2,1-6H3. The molecule has 1 N–H and O–H groups in total. The van der Waals surface area contributed by atoms with Crippen LogP contribution < -0.4 is 10.2 Å². The van der Waals surface area contributed by atoms with E-state index in [2.05, 4.69) is 51.8 Å². The molecule has 0 radical (unpaired) electrons. The van der Waals surface area contributed by atoms with Gasteiger partial charge < -0.3 is 15.0 Å². The Balaban J connectivity index is 2.25. The van der Waals surface area contributed by atoms with E-state index < -0.39 is 0 Å². The smallest absolute Gasteiger partial charge is 0.186 e. The third kappa shape index (κ3) is 4.18. The van der Waals surface area contributed by atoms with Gasteiger partial charge in [0, 0.05) is 29.9 Å². The van der Waals surface area contributed by atoms with Gasteiger partial charge in [0.25, 0.3) is 0 Å². The zero-order valence-corrected chi connectivity index (χ0v) is 15.0. The number of morpholine rings is 1. The molecule has 2 atom stereocenters. The van der Waals surface area contributed by atoms with Crippen LogP contribution in [0.2, 0.25) is 0 Å². The fourth-order valence-corrected chi connectivity index (χ4v) is 4.01. The molecular formula is C16H29N3OS. The number of aromatic nitrogens is 1. The van der Waals surface area contributed by atoms with E-state index in [4.69, 9.17) is 9.72 Å².